The summed E-state index contributed by atoms with van der Waals surface area (Å²) in [4.78, 5) is 14.3. The first-order valence-corrected chi connectivity index (χ1v) is 8.81. The maximum Gasteiger partial charge on any atom is 0.410 e. The molecule has 1 saturated heterocycles. The van der Waals surface area contributed by atoms with Gasteiger partial charge in [-0.1, -0.05) is 64.5 Å². The molecule has 24 heavy (non-hydrogen) atoms. The van der Waals surface area contributed by atoms with Gasteiger partial charge >= 0.3 is 6.09 Å². The second-order valence-corrected chi connectivity index (χ2v) is 6.93. The lowest BCUT2D eigenvalue weighted by Crippen LogP contribution is -2.47. The Kier molecular flexibility index (Phi) is 5.05. The van der Waals surface area contributed by atoms with Crippen molar-refractivity contribution in [2.75, 3.05) is 6.54 Å². The molecule has 0 radical (unpaired) electrons. The number of amides is 1. The third kappa shape index (κ3) is 3.54. The largest absolute Gasteiger partial charge is 0.437 e. The van der Waals surface area contributed by atoms with Crippen LogP contribution < -0.4 is 0 Å². The Morgan fingerprint density at radius 1 is 1.17 bits per heavy atom. The van der Waals surface area contributed by atoms with Gasteiger partial charge in [0.1, 0.15) is 5.60 Å². The molecule has 1 heterocycles. The molecule has 1 unspecified atom stereocenters. The summed E-state index contributed by atoms with van der Waals surface area (Å²) >= 11 is 3.43. The summed E-state index contributed by atoms with van der Waals surface area (Å²) in [5, 5.41) is 0. The number of hydrogen-bond acceptors (Lipinski definition) is 2. The van der Waals surface area contributed by atoms with Gasteiger partial charge in [-0.05, 0) is 23.3 Å². The van der Waals surface area contributed by atoms with E-state index in [4.69, 9.17) is 4.74 Å². The molecule has 1 aliphatic heterocycles. The number of benzene rings is 2. The minimum atomic E-state index is -0.601. The maximum absolute atomic E-state index is 12.6. The number of carbonyl (C=O) groups excluding carboxylic acids is 1. The van der Waals surface area contributed by atoms with Crippen molar-refractivity contribution in [1.29, 1.82) is 0 Å². The Morgan fingerprint density at radius 2 is 1.88 bits per heavy atom. The van der Waals surface area contributed by atoms with Gasteiger partial charge < -0.3 is 9.64 Å². The maximum atomic E-state index is 12.6. The highest BCUT2D eigenvalue weighted by Crippen LogP contribution is 2.37. The van der Waals surface area contributed by atoms with E-state index < -0.39 is 5.60 Å². The lowest BCUT2D eigenvalue weighted by Gasteiger charge is -2.41. The second kappa shape index (κ2) is 7.22. The number of cyclic esters (lactones) is 1. The fourth-order valence-electron chi connectivity index (χ4n) is 3.08. The van der Waals surface area contributed by atoms with Gasteiger partial charge in [0.25, 0.3) is 0 Å². The zero-order chi connectivity index (χ0) is 17.0. The van der Waals surface area contributed by atoms with Gasteiger partial charge in [-0.3, -0.25) is 0 Å². The van der Waals surface area contributed by atoms with E-state index in [1.165, 1.54) is 0 Å². The lowest BCUT2D eigenvalue weighted by molar-refractivity contribution is -0.0528. The number of carbonyl (C=O) groups is 1. The van der Waals surface area contributed by atoms with E-state index >= 15 is 0 Å². The minimum absolute atomic E-state index is 0.269. The van der Waals surface area contributed by atoms with Crippen LogP contribution in [0.2, 0.25) is 0 Å². The highest BCUT2D eigenvalue weighted by Gasteiger charge is 2.41. The van der Waals surface area contributed by atoms with Gasteiger partial charge in [0, 0.05) is 30.4 Å². The predicted molar refractivity (Wildman–Crippen MR) is 98.6 cm³/mol. The first-order chi connectivity index (χ1) is 11.6. The van der Waals surface area contributed by atoms with Gasteiger partial charge in [0.15, 0.2) is 0 Å². The van der Waals surface area contributed by atoms with Crippen molar-refractivity contribution < 1.29 is 9.53 Å². The lowest BCUT2D eigenvalue weighted by atomic mass is 9.86. The number of rotatable bonds is 5. The molecule has 1 fully saturated rings. The van der Waals surface area contributed by atoms with E-state index in [9.17, 15) is 4.79 Å². The summed E-state index contributed by atoms with van der Waals surface area (Å²) in [6, 6.07) is 17.9. The molecule has 0 N–H and O–H groups in total. The Labute approximate surface area is 151 Å². The van der Waals surface area contributed by atoms with E-state index in [1.54, 1.807) is 4.90 Å². The third-order valence-corrected chi connectivity index (χ3v) is 4.92. The van der Waals surface area contributed by atoms with Crippen molar-refractivity contribution in [3.05, 3.63) is 82.9 Å². The Balaban J connectivity index is 1.76. The molecule has 0 aromatic heterocycles. The SMILES string of the molecule is C=CCC1(c2ccccc2)CCN(Cc2ccc(Br)cc2)C(=O)O1. The molecule has 0 bridgehead atoms. The summed E-state index contributed by atoms with van der Waals surface area (Å²) in [5.41, 5.74) is 1.52. The molecule has 3 nitrogen and oxygen atoms in total. The van der Waals surface area contributed by atoms with Gasteiger partial charge in [0.2, 0.25) is 0 Å². The van der Waals surface area contributed by atoms with Crippen LogP contribution in [0.3, 0.4) is 0 Å². The van der Waals surface area contributed by atoms with Gasteiger partial charge in [-0.2, -0.15) is 0 Å². The first kappa shape index (κ1) is 16.8. The molecule has 0 spiro atoms. The van der Waals surface area contributed by atoms with Gasteiger partial charge in [-0.15, -0.1) is 6.58 Å². The molecule has 0 aliphatic carbocycles. The summed E-state index contributed by atoms with van der Waals surface area (Å²) in [6.45, 7) is 5.06. The Hall–Kier alpha value is -2.07. The molecular weight excluding hydrogens is 366 g/mol. The normalized spacial score (nSPS) is 20.5. The van der Waals surface area contributed by atoms with Crippen LogP contribution in [0.4, 0.5) is 4.79 Å². The Bertz CT molecular complexity index is 714. The van der Waals surface area contributed by atoms with Gasteiger partial charge in [0.05, 0.1) is 0 Å². The molecule has 4 heteroatoms. The molecule has 1 atom stereocenters. The van der Waals surface area contributed by atoms with Crippen molar-refractivity contribution in [1.82, 2.24) is 4.90 Å². The van der Waals surface area contributed by atoms with Crippen LogP contribution in [0.25, 0.3) is 0 Å². The van der Waals surface area contributed by atoms with Crippen LogP contribution >= 0.6 is 15.9 Å². The molecular formula is C20H20BrNO2. The number of hydrogen-bond donors (Lipinski definition) is 0. The van der Waals surface area contributed by atoms with E-state index in [1.807, 2.05) is 60.7 Å². The van der Waals surface area contributed by atoms with Crippen molar-refractivity contribution in [3.63, 3.8) is 0 Å². The van der Waals surface area contributed by atoms with Crippen molar-refractivity contribution >= 4 is 22.0 Å². The highest BCUT2D eigenvalue weighted by atomic mass is 79.9. The summed E-state index contributed by atoms with van der Waals surface area (Å²) in [7, 11) is 0. The second-order valence-electron chi connectivity index (χ2n) is 6.02. The van der Waals surface area contributed by atoms with Crippen LogP contribution in [0, 0.1) is 0 Å². The summed E-state index contributed by atoms with van der Waals surface area (Å²) in [6.07, 6.45) is 2.93. The minimum Gasteiger partial charge on any atom is -0.437 e. The van der Waals surface area contributed by atoms with Crippen molar-refractivity contribution in [2.24, 2.45) is 0 Å². The smallest absolute Gasteiger partial charge is 0.410 e. The number of nitrogens with zero attached hydrogens (tertiary/aromatic N) is 1. The molecule has 3 rings (SSSR count). The average Bonchev–Trinajstić information content (AvgIpc) is 2.60. The zero-order valence-electron chi connectivity index (χ0n) is 13.5. The molecule has 0 saturated carbocycles. The molecule has 2 aromatic carbocycles. The predicted octanol–water partition coefficient (Wildman–Crippen LogP) is 5.26. The van der Waals surface area contributed by atoms with Crippen LogP contribution in [-0.4, -0.2) is 17.5 Å². The van der Waals surface area contributed by atoms with Crippen LogP contribution in [0.1, 0.15) is 24.0 Å². The summed E-state index contributed by atoms with van der Waals surface area (Å²) in [5.74, 6) is 0. The summed E-state index contributed by atoms with van der Waals surface area (Å²) < 4.78 is 6.94. The van der Waals surface area contributed by atoms with Gasteiger partial charge in [-0.25, -0.2) is 4.79 Å². The standard InChI is InChI=1S/C20H20BrNO2/c1-2-12-20(17-6-4-3-5-7-17)13-14-22(19(23)24-20)15-16-8-10-18(21)11-9-16/h2-11H,1,12-15H2. The Morgan fingerprint density at radius 3 is 2.50 bits per heavy atom. The fourth-order valence-corrected chi connectivity index (χ4v) is 3.35. The average molecular weight is 386 g/mol. The monoisotopic (exact) mass is 385 g/mol. The van der Waals surface area contributed by atoms with Crippen LogP contribution in [0.15, 0.2) is 71.7 Å². The molecule has 1 amide bonds. The van der Waals surface area contributed by atoms with E-state index in [-0.39, 0.29) is 6.09 Å². The first-order valence-electron chi connectivity index (χ1n) is 8.02. The highest BCUT2D eigenvalue weighted by molar-refractivity contribution is 9.10. The van der Waals surface area contributed by atoms with Crippen LogP contribution in [0.5, 0.6) is 0 Å². The zero-order valence-corrected chi connectivity index (χ0v) is 15.0. The van der Waals surface area contributed by atoms with E-state index in [2.05, 4.69) is 22.5 Å². The quantitative estimate of drug-likeness (QED) is 0.656. The molecule has 2 aromatic rings. The van der Waals surface area contributed by atoms with Crippen molar-refractivity contribution in [2.45, 2.75) is 25.0 Å². The van der Waals surface area contributed by atoms with Crippen molar-refractivity contribution in [3.8, 4) is 0 Å². The number of halogens is 1. The number of ether oxygens (including phenoxy) is 1. The molecule has 124 valence electrons. The van der Waals surface area contributed by atoms with E-state index in [0.29, 0.717) is 19.5 Å². The molecule has 1 aliphatic rings. The van der Waals surface area contributed by atoms with Crippen LogP contribution in [-0.2, 0) is 16.9 Å². The third-order valence-electron chi connectivity index (χ3n) is 4.39. The fraction of sp³-hybridized carbons (Fsp3) is 0.250. The van der Waals surface area contributed by atoms with E-state index in [0.717, 1.165) is 22.0 Å². The topological polar surface area (TPSA) is 29.5 Å².